The van der Waals surface area contributed by atoms with Gasteiger partial charge in [-0.3, -0.25) is 4.79 Å². The van der Waals surface area contributed by atoms with Gasteiger partial charge in [0, 0.05) is 6.42 Å². The second kappa shape index (κ2) is 1.83. The van der Waals surface area contributed by atoms with Gasteiger partial charge in [0.05, 0.1) is 18.5 Å². The number of carbonyl (C=O) groups excluding carboxylic acids is 1. The predicted octanol–water partition coefficient (Wildman–Crippen LogP) is -0.192. The van der Waals surface area contributed by atoms with Gasteiger partial charge in [-0.25, -0.2) is 0 Å². The highest BCUT2D eigenvalue weighted by Crippen LogP contribution is 2.09. The molecule has 8 heavy (non-hydrogen) atoms. The molecule has 1 saturated heterocycles. The molecule has 0 aromatic heterocycles. The zero-order valence-electron chi connectivity index (χ0n) is 4.22. The van der Waals surface area contributed by atoms with E-state index in [0.29, 0.717) is 6.42 Å². The fourth-order valence-corrected chi connectivity index (χ4v) is 0.594. The van der Waals surface area contributed by atoms with Crippen LogP contribution in [0, 0.1) is 23.8 Å². The minimum Gasteiger partial charge on any atom is -0.350 e. The topological polar surface area (TPSA) is 52.9 Å². The number of carbonyl (C=O) groups is 1. The summed E-state index contributed by atoms with van der Waals surface area (Å²) in [6.07, 6.45) is 0.330. The van der Waals surface area contributed by atoms with E-state index >= 15 is 0 Å². The third-order valence-corrected chi connectivity index (χ3v) is 1.02. The third-order valence-electron chi connectivity index (χ3n) is 1.02. The Morgan fingerprint density at radius 2 is 2.75 bits per heavy atom. The number of nitriles is 1. The number of hydrogen-bond acceptors (Lipinski definition) is 2. The average Bonchev–Trinajstić information content (AvgIpc) is 2.14. The van der Waals surface area contributed by atoms with Crippen LogP contribution in [0.1, 0.15) is 6.42 Å². The molecule has 0 bridgehead atoms. The standard InChI is InChI=1S/C5H5N2O/c6-2-4-1-5(8)7-3-4/h3-4H,1H2,(H,7,8). The van der Waals surface area contributed by atoms with Crippen molar-refractivity contribution in [1.82, 2.24) is 5.32 Å². The van der Waals surface area contributed by atoms with Gasteiger partial charge in [-0.2, -0.15) is 5.26 Å². The molecule has 1 rings (SSSR count). The predicted molar refractivity (Wildman–Crippen MR) is 26.2 cm³/mol. The molecule has 1 heterocycles. The fraction of sp³-hybridized carbons (Fsp3) is 0.400. The van der Waals surface area contributed by atoms with E-state index in [-0.39, 0.29) is 11.8 Å². The lowest BCUT2D eigenvalue weighted by atomic mass is 10.1. The molecular formula is C5H5N2O. The first-order valence-corrected chi connectivity index (χ1v) is 2.35. The number of nitrogens with one attached hydrogen (secondary N) is 1. The van der Waals surface area contributed by atoms with Gasteiger partial charge in [-0.05, 0) is 0 Å². The van der Waals surface area contributed by atoms with Crippen molar-refractivity contribution in [3.8, 4) is 6.07 Å². The minimum absolute atomic E-state index is 0.0587. The highest BCUT2D eigenvalue weighted by molar-refractivity contribution is 5.80. The monoisotopic (exact) mass is 109 g/mol. The highest BCUT2D eigenvalue weighted by atomic mass is 16.1. The summed E-state index contributed by atoms with van der Waals surface area (Å²) in [6.45, 7) is 1.52. The molecule has 1 aliphatic heterocycles. The van der Waals surface area contributed by atoms with Crippen LogP contribution >= 0.6 is 0 Å². The van der Waals surface area contributed by atoms with Gasteiger partial charge in [0.2, 0.25) is 5.91 Å². The molecule has 0 aliphatic carbocycles. The van der Waals surface area contributed by atoms with E-state index in [4.69, 9.17) is 5.26 Å². The van der Waals surface area contributed by atoms with Crippen LogP contribution in [0.5, 0.6) is 0 Å². The molecule has 1 atom stereocenters. The Kier molecular flexibility index (Phi) is 1.17. The van der Waals surface area contributed by atoms with Gasteiger partial charge in [0.15, 0.2) is 0 Å². The molecule has 3 nitrogen and oxygen atoms in total. The van der Waals surface area contributed by atoms with Crippen molar-refractivity contribution in [3.05, 3.63) is 6.54 Å². The average molecular weight is 109 g/mol. The lowest BCUT2D eigenvalue weighted by Gasteiger charge is -1.84. The van der Waals surface area contributed by atoms with Gasteiger partial charge in [0.25, 0.3) is 0 Å². The van der Waals surface area contributed by atoms with Crippen LogP contribution in [-0.4, -0.2) is 5.91 Å². The van der Waals surface area contributed by atoms with Crippen molar-refractivity contribution in [3.63, 3.8) is 0 Å². The van der Waals surface area contributed by atoms with Gasteiger partial charge in [-0.1, -0.05) is 0 Å². The van der Waals surface area contributed by atoms with Crippen molar-refractivity contribution in [1.29, 1.82) is 5.26 Å². The van der Waals surface area contributed by atoms with Crippen molar-refractivity contribution in [2.24, 2.45) is 5.92 Å². The summed E-state index contributed by atoms with van der Waals surface area (Å²) >= 11 is 0. The highest BCUT2D eigenvalue weighted by Gasteiger charge is 2.20. The largest absolute Gasteiger partial charge is 0.350 e. The summed E-state index contributed by atoms with van der Waals surface area (Å²) in [6, 6.07) is 1.96. The number of rotatable bonds is 0. The summed E-state index contributed by atoms with van der Waals surface area (Å²) < 4.78 is 0. The maximum Gasteiger partial charge on any atom is 0.221 e. The van der Waals surface area contributed by atoms with Gasteiger partial charge in [0.1, 0.15) is 0 Å². The van der Waals surface area contributed by atoms with Crippen molar-refractivity contribution < 1.29 is 4.79 Å². The zero-order valence-corrected chi connectivity index (χ0v) is 4.22. The van der Waals surface area contributed by atoms with E-state index in [1.165, 1.54) is 6.54 Å². The van der Waals surface area contributed by atoms with Crippen molar-refractivity contribution in [2.45, 2.75) is 6.42 Å². The first-order chi connectivity index (χ1) is 3.83. The van der Waals surface area contributed by atoms with E-state index in [9.17, 15) is 4.79 Å². The zero-order chi connectivity index (χ0) is 5.98. The van der Waals surface area contributed by atoms with E-state index in [1.54, 1.807) is 0 Å². The summed E-state index contributed by atoms with van der Waals surface area (Å²) in [4.78, 5) is 10.3. The molecule has 0 spiro atoms. The Labute approximate surface area is 47.3 Å². The SMILES string of the molecule is N#CC1[CH]NC(=O)C1. The van der Waals surface area contributed by atoms with E-state index in [0.717, 1.165) is 0 Å². The lowest BCUT2D eigenvalue weighted by Crippen LogP contribution is -2.09. The number of nitrogens with zero attached hydrogens (tertiary/aromatic N) is 1. The van der Waals surface area contributed by atoms with Crippen molar-refractivity contribution in [2.75, 3.05) is 0 Å². The molecular weight excluding hydrogens is 104 g/mol. The molecule has 41 valence electrons. The normalized spacial score (nSPS) is 26.9. The summed E-state index contributed by atoms with van der Waals surface area (Å²) in [5.41, 5.74) is 0. The third kappa shape index (κ3) is 0.784. The Balaban J connectivity index is 2.47. The summed E-state index contributed by atoms with van der Waals surface area (Å²) in [5.74, 6) is -0.265. The van der Waals surface area contributed by atoms with Crippen LogP contribution in [0.25, 0.3) is 0 Å². The quantitative estimate of drug-likeness (QED) is 0.468. The molecule has 3 heteroatoms. The van der Waals surface area contributed by atoms with Crippen LogP contribution in [-0.2, 0) is 4.79 Å². The van der Waals surface area contributed by atoms with E-state index in [2.05, 4.69) is 5.32 Å². The Hall–Kier alpha value is -1.04. The molecule has 1 N–H and O–H groups in total. The molecule has 1 radical (unpaired) electrons. The van der Waals surface area contributed by atoms with Gasteiger partial charge < -0.3 is 5.32 Å². The van der Waals surface area contributed by atoms with E-state index < -0.39 is 0 Å². The maximum absolute atomic E-state index is 10.3. The Morgan fingerprint density at radius 3 is 3.00 bits per heavy atom. The van der Waals surface area contributed by atoms with Crippen molar-refractivity contribution >= 4 is 5.91 Å². The molecule has 1 aliphatic rings. The smallest absolute Gasteiger partial charge is 0.221 e. The number of hydrogen-bond donors (Lipinski definition) is 1. The Morgan fingerprint density at radius 1 is 2.00 bits per heavy atom. The van der Waals surface area contributed by atoms with Crippen LogP contribution in [0.2, 0.25) is 0 Å². The molecule has 1 amide bonds. The minimum atomic E-state index is -0.206. The van der Waals surface area contributed by atoms with Gasteiger partial charge >= 0.3 is 0 Å². The van der Waals surface area contributed by atoms with Crippen LogP contribution in [0.4, 0.5) is 0 Å². The van der Waals surface area contributed by atoms with Crippen LogP contribution < -0.4 is 5.32 Å². The molecule has 0 aromatic rings. The molecule has 1 unspecified atom stereocenters. The maximum atomic E-state index is 10.3. The second-order valence-electron chi connectivity index (χ2n) is 1.67. The van der Waals surface area contributed by atoms with E-state index in [1.807, 2.05) is 6.07 Å². The first-order valence-electron chi connectivity index (χ1n) is 2.35. The summed E-state index contributed by atoms with van der Waals surface area (Å²) in [7, 11) is 0. The molecule has 0 saturated carbocycles. The molecule has 0 aromatic carbocycles. The Bertz CT molecular complexity index is 147. The molecule has 1 fully saturated rings. The lowest BCUT2D eigenvalue weighted by molar-refractivity contribution is -0.119. The van der Waals surface area contributed by atoms with Gasteiger partial charge in [-0.15, -0.1) is 0 Å². The first kappa shape index (κ1) is 5.10. The summed E-state index contributed by atoms with van der Waals surface area (Å²) in [5, 5.41) is 10.6. The van der Waals surface area contributed by atoms with Crippen LogP contribution in [0.3, 0.4) is 0 Å². The fourth-order valence-electron chi connectivity index (χ4n) is 0.594. The second-order valence-corrected chi connectivity index (χ2v) is 1.67. The number of amides is 1. The van der Waals surface area contributed by atoms with Crippen LogP contribution in [0.15, 0.2) is 0 Å².